The fourth-order valence-corrected chi connectivity index (χ4v) is 2.95. The highest BCUT2D eigenvalue weighted by molar-refractivity contribution is 7.89. The van der Waals surface area contributed by atoms with E-state index in [0.717, 1.165) is 5.56 Å². The third kappa shape index (κ3) is 5.65. The van der Waals surface area contributed by atoms with Crippen LogP contribution in [-0.2, 0) is 27.7 Å². The molecule has 2 aromatic carbocycles. The molecular weight excluding hydrogens is 343 g/mol. The molecule has 3 N–H and O–H groups in total. The summed E-state index contributed by atoms with van der Waals surface area (Å²) in [6, 6.07) is 12.6. The van der Waals surface area contributed by atoms with Crippen molar-refractivity contribution in [2.75, 3.05) is 6.54 Å². The Morgan fingerprint density at radius 3 is 2.40 bits per heavy atom. The van der Waals surface area contributed by atoms with Crippen LogP contribution in [0.25, 0.3) is 0 Å². The molecule has 0 radical (unpaired) electrons. The zero-order valence-electron chi connectivity index (χ0n) is 13.9. The Labute approximate surface area is 147 Å². The summed E-state index contributed by atoms with van der Waals surface area (Å²) in [5.74, 6) is -0.803. The predicted octanol–water partition coefficient (Wildman–Crippen LogP) is 2.01. The molecule has 1 atom stereocenters. The Hall–Kier alpha value is -2.25. The van der Waals surface area contributed by atoms with Gasteiger partial charge in [-0.1, -0.05) is 37.3 Å². The normalized spacial score (nSPS) is 12.6. The molecule has 0 saturated heterocycles. The summed E-state index contributed by atoms with van der Waals surface area (Å²) in [7, 11) is -3.70. The Kier molecular flexibility index (Phi) is 6.27. The van der Waals surface area contributed by atoms with Crippen molar-refractivity contribution < 1.29 is 17.6 Å². The Morgan fingerprint density at radius 1 is 1.16 bits per heavy atom. The van der Waals surface area contributed by atoms with Crippen LogP contribution in [0.15, 0.2) is 53.4 Å². The van der Waals surface area contributed by atoms with Gasteiger partial charge in [-0.3, -0.25) is 4.79 Å². The van der Waals surface area contributed by atoms with Gasteiger partial charge in [-0.2, -0.15) is 0 Å². The van der Waals surface area contributed by atoms with Gasteiger partial charge in [0.25, 0.3) is 0 Å². The van der Waals surface area contributed by atoms with Gasteiger partial charge < -0.3 is 5.32 Å². The van der Waals surface area contributed by atoms with Crippen molar-refractivity contribution in [3.05, 3.63) is 65.5 Å². The van der Waals surface area contributed by atoms with Crippen LogP contribution >= 0.6 is 0 Å². The summed E-state index contributed by atoms with van der Waals surface area (Å²) in [5, 5.41) is 7.85. The second-order valence-corrected chi connectivity index (χ2v) is 7.49. The van der Waals surface area contributed by atoms with Crippen molar-refractivity contribution in [3.8, 4) is 0 Å². The fraction of sp³-hybridized carbons (Fsp3) is 0.278. The largest absolute Gasteiger partial charge is 0.356 e. The van der Waals surface area contributed by atoms with E-state index in [1.165, 1.54) is 18.2 Å². The number of hydrogen-bond donors (Lipinski definition) is 2. The zero-order chi connectivity index (χ0) is 18.4. The number of amides is 1. The lowest BCUT2D eigenvalue weighted by Crippen LogP contribution is -2.32. The average Bonchev–Trinajstić information content (AvgIpc) is 2.56. The van der Waals surface area contributed by atoms with Gasteiger partial charge in [0, 0.05) is 12.5 Å². The topological polar surface area (TPSA) is 89.3 Å². The number of primary sulfonamides is 1. The van der Waals surface area contributed by atoms with Gasteiger partial charge in [-0.15, -0.1) is 0 Å². The quantitative estimate of drug-likeness (QED) is 0.788. The number of benzene rings is 2. The van der Waals surface area contributed by atoms with Gasteiger partial charge in [0.2, 0.25) is 15.9 Å². The highest BCUT2D eigenvalue weighted by Crippen LogP contribution is 2.13. The van der Waals surface area contributed by atoms with Crippen molar-refractivity contribution in [3.63, 3.8) is 0 Å². The number of carbonyl (C=O) groups is 1. The van der Waals surface area contributed by atoms with Gasteiger partial charge in [-0.05, 0) is 42.2 Å². The monoisotopic (exact) mass is 364 g/mol. The molecule has 0 aliphatic carbocycles. The maximum absolute atomic E-state index is 13.6. The van der Waals surface area contributed by atoms with E-state index in [2.05, 4.69) is 5.32 Å². The van der Waals surface area contributed by atoms with Crippen LogP contribution in [0.5, 0.6) is 0 Å². The van der Waals surface area contributed by atoms with Crippen LogP contribution in [0, 0.1) is 11.7 Å². The van der Waals surface area contributed by atoms with E-state index in [0.29, 0.717) is 24.9 Å². The highest BCUT2D eigenvalue weighted by atomic mass is 32.2. The lowest BCUT2D eigenvalue weighted by molar-refractivity contribution is -0.124. The lowest BCUT2D eigenvalue weighted by atomic mass is 10.00. The third-order valence-electron chi connectivity index (χ3n) is 3.90. The average molecular weight is 364 g/mol. The summed E-state index contributed by atoms with van der Waals surface area (Å²) < 4.78 is 36.0. The molecule has 0 aliphatic heterocycles. The Morgan fingerprint density at radius 2 is 1.80 bits per heavy atom. The Balaban J connectivity index is 1.83. The van der Waals surface area contributed by atoms with E-state index in [1.807, 2.05) is 0 Å². The molecule has 2 rings (SSSR count). The summed E-state index contributed by atoms with van der Waals surface area (Å²) >= 11 is 0. The summed E-state index contributed by atoms with van der Waals surface area (Å²) in [5.41, 5.74) is 1.40. The molecule has 25 heavy (non-hydrogen) atoms. The number of carbonyl (C=O) groups excluding carboxylic acids is 1. The summed E-state index contributed by atoms with van der Waals surface area (Å²) in [6.07, 6.45) is 0.893. The van der Waals surface area contributed by atoms with E-state index in [9.17, 15) is 17.6 Å². The van der Waals surface area contributed by atoms with Crippen LogP contribution in [0.2, 0.25) is 0 Å². The third-order valence-corrected chi connectivity index (χ3v) is 4.83. The molecule has 0 bridgehead atoms. The van der Waals surface area contributed by atoms with E-state index in [4.69, 9.17) is 5.14 Å². The molecule has 0 spiro atoms. The number of nitrogens with two attached hydrogens (primary N) is 1. The molecule has 1 amide bonds. The molecule has 0 aliphatic rings. The minimum Gasteiger partial charge on any atom is -0.356 e. The smallest absolute Gasteiger partial charge is 0.238 e. The first-order chi connectivity index (χ1) is 11.8. The molecule has 0 aromatic heterocycles. The first-order valence-electron chi connectivity index (χ1n) is 7.90. The standard InChI is InChI=1S/C18H21FN2O3S/c1-13(12-15-4-2-3-5-17(15)19)18(22)21-11-10-14-6-8-16(9-7-14)25(20,23)24/h2-9,13H,10-12H2,1H3,(H,21,22)(H2,20,23,24). The molecule has 0 saturated carbocycles. The second kappa shape index (κ2) is 8.22. The van der Waals surface area contributed by atoms with Gasteiger partial charge >= 0.3 is 0 Å². The summed E-state index contributed by atoms with van der Waals surface area (Å²) in [6.45, 7) is 2.16. The van der Waals surface area contributed by atoms with Crippen LogP contribution < -0.4 is 10.5 Å². The van der Waals surface area contributed by atoms with Crippen molar-refractivity contribution in [1.82, 2.24) is 5.32 Å². The van der Waals surface area contributed by atoms with Crippen LogP contribution in [0.3, 0.4) is 0 Å². The van der Waals surface area contributed by atoms with Crippen LogP contribution in [0.4, 0.5) is 4.39 Å². The van der Waals surface area contributed by atoms with Crippen molar-refractivity contribution in [2.24, 2.45) is 11.1 Å². The molecule has 134 valence electrons. The fourth-order valence-electron chi connectivity index (χ4n) is 2.44. The van der Waals surface area contributed by atoms with Crippen LogP contribution in [0.1, 0.15) is 18.1 Å². The number of halogens is 1. The molecule has 1 unspecified atom stereocenters. The van der Waals surface area contributed by atoms with E-state index in [-0.39, 0.29) is 22.5 Å². The first kappa shape index (κ1) is 19.1. The molecule has 0 fully saturated rings. The minimum atomic E-state index is -3.70. The van der Waals surface area contributed by atoms with E-state index >= 15 is 0 Å². The minimum absolute atomic E-state index is 0.0544. The maximum Gasteiger partial charge on any atom is 0.238 e. The molecule has 5 nitrogen and oxygen atoms in total. The van der Waals surface area contributed by atoms with E-state index in [1.54, 1.807) is 37.3 Å². The number of hydrogen-bond acceptors (Lipinski definition) is 3. The molecular formula is C18H21FN2O3S. The number of nitrogens with one attached hydrogen (secondary N) is 1. The number of rotatable bonds is 7. The first-order valence-corrected chi connectivity index (χ1v) is 9.45. The van der Waals surface area contributed by atoms with Crippen LogP contribution in [-0.4, -0.2) is 20.9 Å². The molecule has 0 heterocycles. The number of sulfonamides is 1. The maximum atomic E-state index is 13.6. The van der Waals surface area contributed by atoms with Crippen molar-refractivity contribution in [1.29, 1.82) is 0 Å². The highest BCUT2D eigenvalue weighted by Gasteiger charge is 2.15. The SMILES string of the molecule is CC(Cc1ccccc1F)C(=O)NCCc1ccc(S(N)(=O)=O)cc1. The zero-order valence-corrected chi connectivity index (χ0v) is 14.7. The molecule has 7 heteroatoms. The van der Waals surface area contributed by atoms with Crippen molar-refractivity contribution >= 4 is 15.9 Å². The predicted molar refractivity (Wildman–Crippen MR) is 93.8 cm³/mol. The van der Waals surface area contributed by atoms with Gasteiger partial charge in [-0.25, -0.2) is 17.9 Å². The summed E-state index contributed by atoms with van der Waals surface area (Å²) in [4.78, 5) is 12.2. The van der Waals surface area contributed by atoms with Gasteiger partial charge in [0.05, 0.1) is 4.90 Å². The lowest BCUT2D eigenvalue weighted by Gasteiger charge is -2.13. The Bertz CT molecular complexity index is 836. The van der Waals surface area contributed by atoms with E-state index < -0.39 is 10.0 Å². The van der Waals surface area contributed by atoms with Crippen molar-refractivity contribution in [2.45, 2.75) is 24.7 Å². The van der Waals surface area contributed by atoms with Gasteiger partial charge in [0.15, 0.2) is 0 Å². The molecule has 2 aromatic rings. The van der Waals surface area contributed by atoms with Gasteiger partial charge in [0.1, 0.15) is 5.82 Å². The second-order valence-electron chi connectivity index (χ2n) is 5.93.